The minimum absolute atomic E-state index is 0.00629. The summed E-state index contributed by atoms with van der Waals surface area (Å²) in [7, 11) is 0. The van der Waals surface area contributed by atoms with Gasteiger partial charge in [-0.3, -0.25) is 10.1 Å². The van der Waals surface area contributed by atoms with Gasteiger partial charge in [-0.15, -0.1) is 13.2 Å². The number of para-hydroxylation sites is 1. The van der Waals surface area contributed by atoms with Crippen LogP contribution in [-0.2, 0) is 6.54 Å². The predicted molar refractivity (Wildman–Crippen MR) is 113 cm³/mol. The highest BCUT2D eigenvalue weighted by molar-refractivity contribution is 5.66. The first-order valence-corrected chi connectivity index (χ1v) is 9.58. The van der Waals surface area contributed by atoms with Crippen molar-refractivity contribution < 1.29 is 22.8 Å². The Morgan fingerprint density at radius 3 is 2.53 bits per heavy atom. The first-order chi connectivity index (χ1) is 15.1. The van der Waals surface area contributed by atoms with Crippen LogP contribution in [0.5, 0.6) is 5.75 Å². The standard InChI is InChI=1S/C21H20F3N5O3/c1-13(2)26-20-27-17(14-7-5-8-16(10-14)32-21(22,23)24)11-19(28-20)25-12-15-6-3-4-9-18(15)29(30)31/h3-11,13H,12H2,1-2H3,(H2,25,26,27,28). The van der Waals surface area contributed by atoms with Crippen molar-refractivity contribution in [1.82, 2.24) is 9.97 Å². The Morgan fingerprint density at radius 2 is 1.84 bits per heavy atom. The number of nitro benzene ring substituents is 1. The molecule has 32 heavy (non-hydrogen) atoms. The van der Waals surface area contributed by atoms with Gasteiger partial charge in [-0.1, -0.05) is 30.3 Å². The number of nitrogens with one attached hydrogen (secondary N) is 2. The third kappa shape index (κ3) is 6.30. The predicted octanol–water partition coefficient (Wildman–Crippen LogP) is 5.38. The lowest BCUT2D eigenvalue weighted by Gasteiger charge is -2.14. The maximum Gasteiger partial charge on any atom is 0.573 e. The van der Waals surface area contributed by atoms with Gasteiger partial charge in [0.1, 0.15) is 11.6 Å². The Bertz CT molecular complexity index is 1110. The maximum atomic E-state index is 12.6. The van der Waals surface area contributed by atoms with Crippen molar-refractivity contribution in [1.29, 1.82) is 0 Å². The minimum Gasteiger partial charge on any atom is -0.406 e. The molecule has 2 aromatic carbocycles. The van der Waals surface area contributed by atoms with Crippen LogP contribution in [-0.4, -0.2) is 27.3 Å². The van der Waals surface area contributed by atoms with E-state index in [2.05, 4.69) is 25.3 Å². The molecular formula is C21H20F3N5O3. The molecule has 3 aromatic rings. The van der Waals surface area contributed by atoms with Gasteiger partial charge in [0.05, 0.1) is 10.6 Å². The third-order valence-electron chi connectivity index (χ3n) is 4.16. The van der Waals surface area contributed by atoms with Gasteiger partial charge < -0.3 is 15.4 Å². The van der Waals surface area contributed by atoms with Gasteiger partial charge in [-0.25, -0.2) is 4.98 Å². The number of alkyl halides is 3. The van der Waals surface area contributed by atoms with Crippen molar-refractivity contribution in [2.45, 2.75) is 32.8 Å². The molecule has 0 radical (unpaired) electrons. The number of hydrogen-bond acceptors (Lipinski definition) is 7. The summed E-state index contributed by atoms with van der Waals surface area (Å²) in [6.07, 6.45) is -4.81. The van der Waals surface area contributed by atoms with Crippen molar-refractivity contribution in [3.05, 3.63) is 70.3 Å². The molecule has 1 heterocycles. The molecule has 3 rings (SSSR count). The van der Waals surface area contributed by atoms with Crippen molar-refractivity contribution in [3.8, 4) is 17.0 Å². The second kappa shape index (κ2) is 9.50. The molecule has 0 saturated heterocycles. The van der Waals surface area contributed by atoms with Crippen LogP contribution < -0.4 is 15.4 Å². The van der Waals surface area contributed by atoms with Crippen LogP contribution in [0.25, 0.3) is 11.3 Å². The van der Waals surface area contributed by atoms with Gasteiger partial charge in [-0.2, -0.15) is 4.98 Å². The van der Waals surface area contributed by atoms with E-state index in [-0.39, 0.29) is 30.0 Å². The topological polar surface area (TPSA) is 102 Å². The van der Waals surface area contributed by atoms with Gasteiger partial charge in [-0.05, 0) is 26.0 Å². The first-order valence-electron chi connectivity index (χ1n) is 9.58. The number of nitro groups is 1. The monoisotopic (exact) mass is 447 g/mol. The van der Waals surface area contributed by atoms with E-state index in [1.165, 1.54) is 24.3 Å². The Kier molecular flexibility index (Phi) is 6.76. The number of anilines is 2. The summed E-state index contributed by atoms with van der Waals surface area (Å²) in [6, 6.07) is 13.3. The van der Waals surface area contributed by atoms with Crippen LogP contribution in [0.1, 0.15) is 19.4 Å². The SMILES string of the molecule is CC(C)Nc1nc(NCc2ccccc2[N+](=O)[O-])cc(-c2cccc(OC(F)(F)F)c2)n1. The molecule has 0 saturated carbocycles. The van der Waals surface area contributed by atoms with Crippen molar-refractivity contribution in [2.75, 3.05) is 10.6 Å². The molecule has 2 N–H and O–H groups in total. The Balaban J connectivity index is 1.92. The van der Waals surface area contributed by atoms with E-state index < -0.39 is 11.3 Å². The van der Waals surface area contributed by atoms with Gasteiger partial charge in [0.2, 0.25) is 5.95 Å². The molecule has 11 heteroatoms. The number of halogens is 3. The average Bonchev–Trinajstić information content (AvgIpc) is 2.70. The summed E-state index contributed by atoms with van der Waals surface area (Å²) >= 11 is 0. The zero-order valence-corrected chi connectivity index (χ0v) is 17.2. The molecule has 0 aliphatic carbocycles. The minimum atomic E-state index is -4.81. The molecule has 168 valence electrons. The number of hydrogen-bond donors (Lipinski definition) is 2. The molecule has 0 atom stereocenters. The molecule has 0 bridgehead atoms. The third-order valence-corrected chi connectivity index (χ3v) is 4.16. The molecular weight excluding hydrogens is 427 g/mol. The fourth-order valence-corrected chi connectivity index (χ4v) is 2.89. The number of benzene rings is 2. The highest BCUT2D eigenvalue weighted by Crippen LogP contribution is 2.29. The lowest BCUT2D eigenvalue weighted by Crippen LogP contribution is -2.17. The lowest BCUT2D eigenvalue weighted by molar-refractivity contribution is -0.385. The zero-order valence-electron chi connectivity index (χ0n) is 17.2. The van der Waals surface area contributed by atoms with E-state index in [9.17, 15) is 23.3 Å². The van der Waals surface area contributed by atoms with Crippen LogP contribution in [0.4, 0.5) is 30.6 Å². The normalized spacial score (nSPS) is 11.3. The number of rotatable bonds is 8. The number of ether oxygens (including phenoxy) is 1. The van der Waals surface area contributed by atoms with E-state index in [1.807, 2.05) is 13.8 Å². The molecule has 0 amide bonds. The van der Waals surface area contributed by atoms with Crippen LogP contribution in [0.3, 0.4) is 0 Å². The Labute approximate surface area is 181 Å². The fraction of sp³-hybridized carbons (Fsp3) is 0.238. The Hall–Kier alpha value is -3.89. The molecule has 0 aliphatic heterocycles. The molecule has 0 fully saturated rings. The van der Waals surface area contributed by atoms with Crippen molar-refractivity contribution in [3.63, 3.8) is 0 Å². The zero-order chi connectivity index (χ0) is 23.3. The lowest BCUT2D eigenvalue weighted by atomic mass is 10.1. The van der Waals surface area contributed by atoms with Gasteiger partial charge >= 0.3 is 6.36 Å². The maximum absolute atomic E-state index is 12.6. The summed E-state index contributed by atoms with van der Waals surface area (Å²) in [5.74, 6) is 0.226. The quantitative estimate of drug-likeness (QED) is 0.353. The summed E-state index contributed by atoms with van der Waals surface area (Å²) in [5, 5.41) is 17.3. The largest absolute Gasteiger partial charge is 0.573 e. The van der Waals surface area contributed by atoms with E-state index in [1.54, 1.807) is 30.3 Å². The smallest absolute Gasteiger partial charge is 0.406 e. The van der Waals surface area contributed by atoms with E-state index >= 15 is 0 Å². The van der Waals surface area contributed by atoms with Crippen LogP contribution in [0.15, 0.2) is 54.6 Å². The molecule has 8 nitrogen and oxygen atoms in total. The molecule has 0 unspecified atom stereocenters. The van der Waals surface area contributed by atoms with Gasteiger partial charge in [0, 0.05) is 35.8 Å². The first kappa shape index (κ1) is 22.8. The van der Waals surface area contributed by atoms with Crippen LogP contribution in [0.2, 0.25) is 0 Å². The molecule has 1 aromatic heterocycles. The van der Waals surface area contributed by atoms with E-state index in [0.29, 0.717) is 22.6 Å². The summed E-state index contributed by atoms with van der Waals surface area (Å²) < 4.78 is 41.7. The molecule has 0 spiro atoms. The van der Waals surface area contributed by atoms with Crippen molar-refractivity contribution in [2.24, 2.45) is 0 Å². The van der Waals surface area contributed by atoms with Crippen LogP contribution >= 0.6 is 0 Å². The van der Waals surface area contributed by atoms with Gasteiger partial charge in [0.15, 0.2) is 0 Å². The second-order valence-corrected chi connectivity index (χ2v) is 7.08. The summed E-state index contributed by atoms with van der Waals surface area (Å²) in [5.41, 5.74) is 1.15. The average molecular weight is 447 g/mol. The number of aromatic nitrogens is 2. The van der Waals surface area contributed by atoms with E-state index in [0.717, 1.165) is 0 Å². The number of nitrogens with zero attached hydrogens (tertiary/aromatic N) is 3. The highest BCUT2D eigenvalue weighted by Gasteiger charge is 2.31. The second-order valence-electron chi connectivity index (χ2n) is 7.08. The summed E-state index contributed by atoms with van der Waals surface area (Å²) in [4.78, 5) is 19.5. The summed E-state index contributed by atoms with van der Waals surface area (Å²) in [6.45, 7) is 3.88. The van der Waals surface area contributed by atoms with Crippen LogP contribution in [0, 0.1) is 10.1 Å². The molecule has 0 aliphatic rings. The van der Waals surface area contributed by atoms with Gasteiger partial charge in [0.25, 0.3) is 5.69 Å². The Morgan fingerprint density at radius 1 is 1.09 bits per heavy atom. The van der Waals surface area contributed by atoms with Crippen molar-refractivity contribution >= 4 is 17.5 Å². The fourth-order valence-electron chi connectivity index (χ4n) is 2.89. The highest BCUT2D eigenvalue weighted by atomic mass is 19.4. The van der Waals surface area contributed by atoms with E-state index in [4.69, 9.17) is 0 Å².